The second-order valence-electron chi connectivity index (χ2n) is 6.54. The SMILES string of the molecule is Cn1cncc1C(CN)N1CCC(N2CCCCC2)CC1. The van der Waals surface area contributed by atoms with Crippen LogP contribution in [-0.2, 0) is 7.05 Å². The van der Waals surface area contributed by atoms with Crippen LogP contribution in [-0.4, -0.2) is 58.1 Å². The van der Waals surface area contributed by atoms with Crippen LogP contribution in [0.1, 0.15) is 43.8 Å². The highest BCUT2D eigenvalue weighted by Gasteiger charge is 2.29. The Morgan fingerprint density at radius 3 is 2.48 bits per heavy atom. The second kappa shape index (κ2) is 6.90. The van der Waals surface area contributed by atoms with E-state index in [2.05, 4.69) is 26.4 Å². The van der Waals surface area contributed by atoms with E-state index in [0.717, 1.165) is 19.1 Å². The third-order valence-corrected chi connectivity index (χ3v) is 5.27. The molecular weight excluding hydrogens is 262 g/mol. The molecule has 0 aliphatic carbocycles. The molecule has 0 saturated carbocycles. The second-order valence-corrected chi connectivity index (χ2v) is 6.54. The molecule has 5 heteroatoms. The molecule has 3 heterocycles. The Morgan fingerprint density at radius 2 is 1.90 bits per heavy atom. The lowest BCUT2D eigenvalue weighted by molar-refractivity contribution is 0.0720. The maximum absolute atomic E-state index is 6.05. The molecule has 2 saturated heterocycles. The number of aromatic nitrogens is 2. The summed E-state index contributed by atoms with van der Waals surface area (Å²) < 4.78 is 2.11. The first kappa shape index (κ1) is 15.0. The fraction of sp³-hybridized carbons (Fsp3) is 0.812. The number of likely N-dealkylation sites (tertiary alicyclic amines) is 2. The van der Waals surface area contributed by atoms with Crippen molar-refractivity contribution in [3.8, 4) is 0 Å². The Labute approximate surface area is 128 Å². The summed E-state index contributed by atoms with van der Waals surface area (Å²) >= 11 is 0. The van der Waals surface area contributed by atoms with Crippen LogP contribution in [0.15, 0.2) is 12.5 Å². The molecule has 5 nitrogen and oxygen atoms in total. The van der Waals surface area contributed by atoms with Gasteiger partial charge in [0.1, 0.15) is 0 Å². The van der Waals surface area contributed by atoms with E-state index in [1.54, 1.807) is 0 Å². The third-order valence-electron chi connectivity index (χ3n) is 5.27. The van der Waals surface area contributed by atoms with Crippen molar-refractivity contribution in [2.24, 2.45) is 12.8 Å². The number of rotatable bonds is 4. The largest absolute Gasteiger partial charge is 0.336 e. The van der Waals surface area contributed by atoms with Crippen LogP contribution in [0.25, 0.3) is 0 Å². The van der Waals surface area contributed by atoms with Crippen LogP contribution in [0.2, 0.25) is 0 Å². The van der Waals surface area contributed by atoms with Crippen molar-refractivity contribution >= 4 is 0 Å². The molecule has 1 aromatic heterocycles. The van der Waals surface area contributed by atoms with Crippen molar-refractivity contribution < 1.29 is 0 Å². The van der Waals surface area contributed by atoms with Crippen molar-refractivity contribution in [3.05, 3.63) is 18.2 Å². The van der Waals surface area contributed by atoms with Crippen LogP contribution in [0.4, 0.5) is 0 Å². The number of aryl methyl sites for hydroxylation is 1. The maximum Gasteiger partial charge on any atom is 0.0946 e. The predicted octanol–water partition coefficient (Wildman–Crippen LogP) is 1.37. The molecule has 2 aliphatic rings. The molecule has 1 unspecified atom stereocenters. The van der Waals surface area contributed by atoms with E-state index >= 15 is 0 Å². The quantitative estimate of drug-likeness (QED) is 0.910. The van der Waals surface area contributed by atoms with Gasteiger partial charge in [0.05, 0.1) is 18.1 Å². The van der Waals surface area contributed by atoms with Gasteiger partial charge in [-0.25, -0.2) is 4.98 Å². The molecule has 1 aromatic rings. The fourth-order valence-electron chi connectivity index (χ4n) is 3.99. The third kappa shape index (κ3) is 3.30. The highest BCUT2D eigenvalue weighted by atomic mass is 15.2. The predicted molar refractivity (Wildman–Crippen MR) is 85.0 cm³/mol. The molecule has 1 atom stereocenters. The number of nitrogens with zero attached hydrogens (tertiary/aromatic N) is 4. The number of piperidine rings is 2. The molecular formula is C16H29N5. The summed E-state index contributed by atoms with van der Waals surface area (Å²) in [4.78, 5) is 9.52. The highest BCUT2D eigenvalue weighted by molar-refractivity contribution is 5.06. The fourth-order valence-corrected chi connectivity index (χ4v) is 3.99. The minimum absolute atomic E-state index is 0.319. The van der Waals surface area contributed by atoms with E-state index in [1.165, 1.54) is 50.9 Å². The zero-order chi connectivity index (χ0) is 14.7. The lowest BCUT2D eigenvalue weighted by atomic mass is 9.98. The van der Waals surface area contributed by atoms with Gasteiger partial charge in [-0.05, 0) is 38.8 Å². The van der Waals surface area contributed by atoms with Gasteiger partial charge in [0.15, 0.2) is 0 Å². The Morgan fingerprint density at radius 1 is 1.19 bits per heavy atom. The molecule has 2 aliphatic heterocycles. The van der Waals surface area contributed by atoms with Crippen LogP contribution in [0.3, 0.4) is 0 Å². The molecule has 3 rings (SSSR count). The standard InChI is InChI=1S/C16H29N5/c1-19-13-18-12-16(19)15(11-17)21-9-5-14(6-10-21)20-7-3-2-4-8-20/h12-15H,2-11,17H2,1H3. The lowest BCUT2D eigenvalue weighted by Gasteiger charge is -2.42. The Balaban J connectivity index is 1.58. The van der Waals surface area contributed by atoms with Gasteiger partial charge in [-0.2, -0.15) is 0 Å². The van der Waals surface area contributed by atoms with Gasteiger partial charge in [-0.15, -0.1) is 0 Å². The van der Waals surface area contributed by atoms with E-state index in [4.69, 9.17) is 5.73 Å². The Bertz CT molecular complexity index is 430. The smallest absolute Gasteiger partial charge is 0.0946 e. The van der Waals surface area contributed by atoms with E-state index < -0.39 is 0 Å². The molecule has 0 amide bonds. The maximum atomic E-state index is 6.05. The molecule has 0 aromatic carbocycles. The first-order valence-electron chi connectivity index (χ1n) is 8.44. The van der Waals surface area contributed by atoms with Crippen LogP contribution in [0.5, 0.6) is 0 Å². The minimum atomic E-state index is 0.319. The van der Waals surface area contributed by atoms with E-state index in [9.17, 15) is 0 Å². The summed E-state index contributed by atoms with van der Waals surface area (Å²) in [6, 6.07) is 1.12. The Hall–Kier alpha value is -0.910. The average molecular weight is 291 g/mol. The molecule has 21 heavy (non-hydrogen) atoms. The van der Waals surface area contributed by atoms with Gasteiger partial charge in [-0.3, -0.25) is 4.90 Å². The molecule has 2 fully saturated rings. The summed E-state index contributed by atoms with van der Waals surface area (Å²) in [5.41, 5.74) is 7.29. The van der Waals surface area contributed by atoms with E-state index in [1.807, 2.05) is 12.5 Å². The summed E-state index contributed by atoms with van der Waals surface area (Å²) in [6.45, 7) is 5.62. The van der Waals surface area contributed by atoms with Gasteiger partial charge in [0.2, 0.25) is 0 Å². The average Bonchev–Trinajstić information content (AvgIpc) is 2.96. The normalized spacial score (nSPS) is 24.3. The Kier molecular flexibility index (Phi) is 4.93. The van der Waals surface area contributed by atoms with Crippen LogP contribution >= 0.6 is 0 Å². The summed E-state index contributed by atoms with van der Waals surface area (Å²) in [5.74, 6) is 0. The summed E-state index contributed by atoms with van der Waals surface area (Å²) in [7, 11) is 2.06. The van der Waals surface area contributed by atoms with Gasteiger partial charge in [-0.1, -0.05) is 6.42 Å². The number of hydrogen-bond acceptors (Lipinski definition) is 4. The van der Waals surface area contributed by atoms with Crippen LogP contribution < -0.4 is 5.73 Å². The van der Waals surface area contributed by atoms with Gasteiger partial charge < -0.3 is 15.2 Å². The zero-order valence-corrected chi connectivity index (χ0v) is 13.2. The van der Waals surface area contributed by atoms with Crippen molar-refractivity contribution in [2.45, 2.75) is 44.2 Å². The zero-order valence-electron chi connectivity index (χ0n) is 13.2. The number of nitrogens with two attached hydrogens (primary N) is 1. The molecule has 0 bridgehead atoms. The lowest BCUT2D eigenvalue weighted by Crippen LogP contribution is -2.48. The van der Waals surface area contributed by atoms with Crippen molar-refractivity contribution in [1.82, 2.24) is 19.4 Å². The molecule has 0 spiro atoms. The first-order chi connectivity index (χ1) is 10.3. The highest BCUT2D eigenvalue weighted by Crippen LogP contribution is 2.26. The van der Waals surface area contributed by atoms with Gasteiger partial charge >= 0.3 is 0 Å². The van der Waals surface area contributed by atoms with Crippen molar-refractivity contribution in [3.63, 3.8) is 0 Å². The molecule has 0 radical (unpaired) electrons. The van der Waals surface area contributed by atoms with Crippen LogP contribution in [0, 0.1) is 0 Å². The number of hydrogen-bond donors (Lipinski definition) is 1. The molecule has 2 N–H and O–H groups in total. The van der Waals surface area contributed by atoms with E-state index in [0.29, 0.717) is 12.6 Å². The first-order valence-corrected chi connectivity index (χ1v) is 8.44. The van der Waals surface area contributed by atoms with Gasteiger partial charge in [0.25, 0.3) is 0 Å². The van der Waals surface area contributed by atoms with Gasteiger partial charge in [0, 0.05) is 38.9 Å². The topological polar surface area (TPSA) is 50.3 Å². The van der Waals surface area contributed by atoms with E-state index in [-0.39, 0.29) is 0 Å². The minimum Gasteiger partial charge on any atom is -0.336 e. The summed E-state index contributed by atoms with van der Waals surface area (Å²) in [5, 5.41) is 0. The van der Waals surface area contributed by atoms with Crippen molar-refractivity contribution in [1.29, 1.82) is 0 Å². The summed E-state index contributed by atoms with van der Waals surface area (Å²) in [6.07, 6.45) is 10.6. The molecule has 118 valence electrons. The van der Waals surface area contributed by atoms with Crippen molar-refractivity contribution in [2.75, 3.05) is 32.7 Å². The number of imidazole rings is 1. The monoisotopic (exact) mass is 291 g/mol.